The summed E-state index contributed by atoms with van der Waals surface area (Å²) in [5.41, 5.74) is 2.61. The molecule has 27 heavy (non-hydrogen) atoms. The van der Waals surface area contributed by atoms with Crippen LogP contribution in [0, 0.1) is 11.6 Å². The van der Waals surface area contributed by atoms with Crippen LogP contribution in [0.15, 0.2) is 54.7 Å². The molecule has 3 nitrogen and oxygen atoms in total. The van der Waals surface area contributed by atoms with E-state index in [0.717, 1.165) is 41.7 Å². The molecular formula is C20H21Cl2F2N3. The molecule has 2 heterocycles. The second-order valence-electron chi connectivity index (χ2n) is 6.39. The fourth-order valence-electron chi connectivity index (χ4n) is 3.55. The minimum atomic E-state index is -0.257. The summed E-state index contributed by atoms with van der Waals surface area (Å²) in [6, 6.07) is 13.5. The van der Waals surface area contributed by atoms with E-state index in [1.165, 1.54) is 12.1 Å². The minimum absolute atomic E-state index is 0. The van der Waals surface area contributed by atoms with E-state index in [1.807, 2.05) is 18.2 Å². The van der Waals surface area contributed by atoms with Crippen LogP contribution in [0.25, 0.3) is 10.9 Å². The molecule has 4 rings (SSSR count). The van der Waals surface area contributed by atoms with E-state index in [1.54, 1.807) is 24.4 Å². The highest BCUT2D eigenvalue weighted by Crippen LogP contribution is 2.27. The number of hydrogen-bond acceptors (Lipinski definition) is 3. The molecule has 0 spiro atoms. The van der Waals surface area contributed by atoms with Crippen LogP contribution in [0.2, 0.25) is 0 Å². The molecule has 1 atom stereocenters. The fourth-order valence-corrected chi connectivity index (χ4v) is 3.55. The Bertz CT molecular complexity index is 907. The number of pyridine rings is 1. The maximum atomic E-state index is 14.0. The third-order valence-electron chi connectivity index (χ3n) is 4.71. The molecule has 0 radical (unpaired) electrons. The summed E-state index contributed by atoms with van der Waals surface area (Å²) in [5, 5.41) is 4.16. The highest BCUT2D eigenvalue weighted by molar-refractivity contribution is 5.85. The van der Waals surface area contributed by atoms with Gasteiger partial charge in [-0.1, -0.05) is 18.2 Å². The van der Waals surface area contributed by atoms with Crippen LogP contribution in [0.5, 0.6) is 0 Å². The molecule has 0 aliphatic carbocycles. The number of aromatic nitrogens is 1. The summed E-state index contributed by atoms with van der Waals surface area (Å²) in [4.78, 5) is 6.69. The smallest absolute Gasteiger partial charge is 0.124 e. The van der Waals surface area contributed by atoms with Crippen molar-refractivity contribution in [3.05, 3.63) is 77.5 Å². The van der Waals surface area contributed by atoms with Crippen LogP contribution in [-0.2, 0) is 6.54 Å². The van der Waals surface area contributed by atoms with Crippen molar-refractivity contribution in [2.24, 2.45) is 0 Å². The maximum absolute atomic E-state index is 14.0. The Kier molecular flexibility index (Phi) is 7.50. The molecular weight excluding hydrogens is 391 g/mol. The lowest BCUT2D eigenvalue weighted by molar-refractivity contribution is 0.154. The van der Waals surface area contributed by atoms with Gasteiger partial charge >= 0.3 is 0 Å². The first-order valence-corrected chi connectivity index (χ1v) is 8.44. The number of rotatable bonds is 3. The highest BCUT2D eigenvalue weighted by atomic mass is 35.5. The van der Waals surface area contributed by atoms with Crippen LogP contribution in [0.3, 0.4) is 0 Å². The third-order valence-corrected chi connectivity index (χ3v) is 4.71. The third kappa shape index (κ3) is 4.74. The lowest BCUT2D eigenvalue weighted by Crippen LogP contribution is -2.45. The molecule has 0 amide bonds. The summed E-state index contributed by atoms with van der Waals surface area (Å²) in [6.07, 6.45) is 1.73. The van der Waals surface area contributed by atoms with Gasteiger partial charge in [0.25, 0.3) is 0 Å². The normalized spacial score (nSPS) is 17.2. The van der Waals surface area contributed by atoms with Gasteiger partial charge in [0, 0.05) is 43.8 Å². The second kappa shape index (κ2) is 9.42. The zero-order chi connectivity index (χ0) is 17.2. The van der Waals surface area contributed by atoms with Gasteiger partial charge in [0.05, 0.1) is 5.52 Å². The van der Waals surface area contributed by atoms with Crippen molar-refractivity contribution in [3.8, 4) is 0 Å². The monoisotopic (exact) mass is 411 g/mol. The van der Waals surface area contributed by atoms with Gasteiger partial charge in [-0.05, 0) is 41.5 Å². The second-order valence-corrected chi connectivity index (χ2v) is 6.39. The fraction of sp³-hybridized carbons (Fsp3) is 0.250. The van der Waals surface area contributed by atoms with E-state index in [-0.39, 0.29) is 42.5 Å². The van der Waals surface area contributed by atoms with Crippen molar-refractivity contribution in [1.29, 1.82) is 0 Å². The topological polar surface area (TPSA) is 28.2 Å². The van der Waals surface area contributed by atoms with Gasteiger partial charge in [0.1, 0.15) is 11.6 Å². The van der Waals surface area contributed by atoms with E-state index < -0.39 is 0 Å². The Morgan fingerprint density at radius 1 is 1.04 bits per heavy atom. The molecule has 1 N–H and O–H groups in total. The van der Waals surface area contributed by atoms with Gasteiger partial charge in [-0.15, -0.1) is 24.8 Å². The van der Waals surface area contributed by atoms with E-state index in [4.69, 9.17) is 0 Å². The van der Waals surface area contributed by atoms with Crippen LogP contribution in [0.4, 0.5) is 8.78 Å². The number of halogens is 4. The Balaban J connectivity index is 0.00000131. The SMILES string of the molecule is Cl.Cl.Fc1cccc(C2CNCCN2Cc2cc(F)cc3cccnc23)c1. The number of nitrogens with one attached hydrogen (secondary N) is 1. The standard InChI is InChI=1S/C20H19F2N3.2ClH/c21-17-5-1-3-14(9-17)19-12-23-7-8-25(19)13-16-11-18(22)10-15-4-2-6-24-20(15)16;;/h1-6,9-11,19,23H,7-8,12-13H2;2*1H. The Morgan fingerprint density at radius 2 is 1.89 bits per heavy atom. The Hall–Kier alpha value is -1.79. The predicted molar refractivity (Wildman–Crippen MR) is 109 cm³/mol. The molecule has 3 aromatic rings. The van der Waals surface area contributed by atoms with Gasteiger partial charge in [-0.2, -0.15) is 0 Å². The Labute approximate surface area is 169 Å². The zero-order valence-corrected chi connectivity index (χ0v) is 16.2. The van der Waals surface area contributed by atoms with Crippen LogP contribution in [-0.4, -0.2) is 29.5 Å². The Morgan fingerprint density at radius 3 is 2.70 bits per heavy atom. The van der Waals surface area contributed by atoms with E-state index in [0.29, 0.717) is 6.54 Å². The van der Waals surface area contributed by atoms with E-state index in [2.05, 4.69) is 15.2 Å². The number of benzene rings is 2. The molecule has 144 valence electrons. The average Bonchev–Trinajstić information content (AvgIpc) is 2.62. The first-order chi connectivity index (χ1) is 12.2. The van der Waals surface area contributed by atoms with Gasteiger partial charge in [-0.25, -0.2) is 8.78 Å². The number of hydrogen-bond donors (Lipinski definition) is 1. The molecule has 1 aliphatic rings. The highest BCUT2D eigenvalue weighted by Gasteiger charge is 2.25. The van der Waals surface area contributed by atoms with Gasteiger partial charge in [-0.3, -0.25) is 9.88 Å². The van der Waals surface area contributed by atoms with E-state index in [9.17, 15) is 8.78 Å². The molecule has 2 aromatic carbocycles. The average molecular weight is 412 g/mol. The largest absolute Gasteiger partial charge is 0.314 e. The maximum Gasteiger partial charge on any atom is 0.124 e. The first-order valence-electron chi connectivity index (χ1n) is 8.44. The van der Waals surface area contributed by atoms with Crippen LogP contribution in [0.1, 0.15) is 17.2 Å². The molecule has 0 bridgehead atoms. The van der Waals surface area contributed by atoms with Crippen molar-refractivity contribution in [2.75, 3.05) is 19.6 Å². The van der Waals surface area contributed by atoms with E-state index >= 15 is 0 Å². The lowest BCUT2D eigenvalue weighted by Gasteiger charge is -2.36. The number of fused-ring (bicyclic) bond motifs is 1. The molecule has 1 unspecified atom stereocenters. The molecule has 1 aliphatic heterocycles. The summed E-state index contributed by atoms with van der Waals surface area (Å²) in [6.45, 7) is 2.98. The predicted octanol–water partition coefficient (Wildman–Crippen LogP) is 4.50. The molecule has 1 saturated heterocycles. The zero-order valence-electron chi connectivity index (χ0n) is 14.6. The summed E-state index contributed by atoms with van der Waals surface area (Å²) in [7, 11) is 0. The minimum Gasteiger partial charge on any atom is -0.314 e. The number of piperazine rings is 1. The molecule has 7 heteroatoms. The van der Waals surface area contributed by atoms with Crippen molar-refractivity contribution >= 4 is 35.7 Å². The lowest BCUT2D eigenvalue weighted by atomic mass is 10.0. The van der Waals surface area contributed by atoms with Crippen molar-refractivity contribution in [2.45, 2.75) is 12.6 Å². The summed E-state index contributed by atoms with van der Waals surface area (Å²) >= 11 is 0. The van der Waals surface area contributed by atoms with Gasteiger partial charge in [0.2, 0.25) is 0 Å². The van der Waals surface area contributed by atoms with Crippen LogP contribution < -0.4 is 5.32 Å². The summed E-state index contributed by atoms with van der Waals surface area (Å²) < 4.78 is 27.7. The van der Waals surface area contributed by atoms with Crippen molar-refractivity contribution in [3.63, 3.8) is 0 Å². The van der Waals surface area contributed by atoms with Crippen molar-refractivity contribution < 1.29 is 8.78 Å². The molecule has 1 fully saturated rings. The van der Waals surface area contributed by atoms with Gasteiger partial charge in [0.15, 0.2) is 0 Å². The summed E-state index contributed by atoms with van der Waals surface area (Å²) in [5.74, 6) is -0.492. The number of nitrogens with zero attached hydrogens (tertiary/aromatic N) is 2. The first kappa shape index (κ1) is 21.5. The van der Waals surface area contributed by atoms with Crippen molar-refractivity contribution in [1.82, 2.24) is 15.2 Å². The molecule has 1 aromatic heterocycles. The molecule has 0 saturated carbocycles. The van der Waals surface area contributed by atoms with Crippen LogP contribution >= 0.6 is 24.8 Å². The van der Waals surface area contributed by atoms with Gasteiger partial charge < -0.3 is 5.32 Å². The quantitative estimate of drug-likeness (QED) is 0.687.